The topological polar surface area (TPSA) is 52.6 Å². The zero-order chi connectivity index (χ0) is 13.5. The summed E-state index contributed by atoms with van der Waals surface area (Å²) in [6.07, 6.45) is -0.661. The van der Waals surface area contributed by atoms with Gasteiger partial charge in [0.2, 0.25) is 0 Å². The van der Waals surface area contributed by atoms with Crippen molar-refractivity contribution in [3.05, 3.63) is 35.4 Å². The van der Waals surface area contributed by atoms with Crippen molar-refractivity contribution in [3.8, 4) is 0 Å². The molecule has 18 heavy (non-hydrogen) atoms. The molecule has 4 heteroatoms. The van der Waals surface area contributed by atoms with Crippen LogP contribution in [0.15, 0.2) is 24.3 Å². The van der Waals surface area contributed by atoms with Gasteiger partial charge in [-0.05, 0) is 31.9 Å². The van der Waals surface area contributed by atoms with Gasteiger partial charge in [0.15, 0.2) is 0 Å². The number of amides is 2. The maximum atomic E-state index is 11.7. The standard InChI is InChI=1S/C14H22N2O2/c1-4-16(5-2)14(18)15-10-13(17)12-9-7-6-8-11(12)3/h6-9,13,17H,4-5,10H2,1-3H3,(H,15,18)/t13-/m1/s1. The normalized spacial score (nSPS) is 12.0. The third-order valence-electron chi connectivity index (χ3n) is 3.04. The van der Waals surface area contributed by atoms with Gasteiger partial charge in [0.25, 0.3) is 0 Å². The number of nitrogens with one attached hydrogen (secondary N) is 1. The number of aliphatic hydroxyl groups is 1. The van der Waals surface area contributed by atoms with E-state index >= 15 is 0 Å². The Hall–Kier alpha value is -1.55. The molecule has 0 aliphatic carbocycles. The first-order valence-corrected chi connectivity index (χ1v) is 6.36. The van der Waals surface area contributed by atoms with E-state index in [9.17, 15) is 9.90 Å². The highest BCUT2D eigenvalue weighted by Gasteiger charge is 2.13. The minimum atomic E-state index is -0.661. The van der Waals surface area contributed by atoms with Crippen LogP contribution in [-0.4, -0.2) is 35.7 Å². The molecule has 1 rings (SSSR count). The van der Waals surface area contributed by atoms with Gasteiger partial charge in [-0.2, -0.15) is 0 Å². The van der Waals surface area contributed by atoms with E-state index in [0.717, 1.165) is 11.1 Å². The lowest BCUT2D eigenvalue weighted by Gasteiger charge is -2.21. The maximum Gasteiger partial charge on any atom is 0.317 e. The van der Waals surface area contributed by atoms with Crippen molar-refractivity contribution < 1.29 is 9.90 Å². The van der Waals surface area contributed by atoms with Gasteiger partial charge >= 0.3 is 6.03 Å². The Morgan fingerprint density at radius 2 is 1.94 bits per heavy atom. The summed E-state index contributed by atoms with van der Waals surface area (Å²) in [5, 5.41) is 12.8. The molecular weight excluding hydrogens is 228 g/mol. The molecule has 0 aliphatic heterocycles. The molecule has 1 aromatic rings. The van der Waals surface area contributed by atoms with E-state index in [-0.39, 0.29) is 12.6 Å². The van der Waals surface area contributed by atoms with E-state index in [1.165, 1.54) is 0 Å². The second-order valence-electron chi connectivity index (χ2n) is 4.23. The average Bonchev–Trinajstić information content (AvgIpc) is 2.38. The van der Waals surface area contributed by atoms with E-state index in [2.05, 4.69) is 5.32 Å². The van der Waals surface area contributed by atoms with Gasteiger partial charge < -0.3 is 15.3 Å². The van der Waals surface area contributed by atoms with Gasteiger partial charge in [0.1, 0.15) is 0 Å². The predicted octanol–water partition coefficient (Wildman–Crippen LogP) is 2.08. The quantitative estimate of drug-likeness (QED) is 0.840. The Balaban J connectivity index is 2.54. The molecule has 0 heterocycles. The number of rotatable bonds is 5. The molecule has 0 fully saturated rings. The van der Waals surface area contributed by atoms with Crippen LogP contribution in [0.4, 0.5) is 4.79 Å². The number of carbonyl (C=O) groups is 1. The average molecular weight is 250 g/mol. The van der Waals surface area contributed by atoms with Gasteiger partial charge in [-0.15, -0.1) is 0 Å². The van der Waals surface area contributed by atoms with Gasteiger partial charge in [-0.25, -0.2) is 4.79 Å². The molecule has 0 spiro atoms. The van der Waals surface area contributed by atoms with Crippen molar-refractivity contribution in [1.29, 1.82) is 0 Å². The predicted molar refractivity (Wildman–Crippen MR) is 72.5 cm³/mol. The van der Waals surface area contributed by atoms with Crippen LogP contribution >= 0.6 is 0 Å². The Bertz CT molecular complexity index is 389. The Morgan fingerprint density at radius 1 is 1.33 bits per heavy atom. The summed E-state index contributed by atoms with van der Waals surface area (Å²) in [6.45, 7) is 7.39. The van der Waals surface area contributed by atoms with Crippen molar-refractivity contribution in [2.45, 2.75) is 26.9 Å². The number of urea groups is 1. The molecule has 0 aromatic heterocycles. The van der Waals surface area contributed by atoms with Crippen LogP contribution < -0.4 is 5.32 Å². The molecule has 2 amide bonds. The number of aryl methyl sites for hydroxylation is 1. The second kappa shape index (κ2) is 7.01. The Labute approximate surface area is 109 Å². The van der Waals surface area contributed by atoms with Gasteiger partial charge in [0.05, 0.1) is 6.10 Å². The zero-order valence-electron chi connectivity index (χ0n) is 11.3. The van der Waals surface area contributed by atoms with Crippen LogP contribution in [0.1, 0.15) is 31.1 Å². The minimum absolute atomic E-state index is 0.132. The number of hydrogen-bond donors (Lipinski definition) is 2. The summed E-state index contributed by atoms with van der Waals surface area (Å²) in [7, 11) is 0. The summed E-state index contributed by atoms with van der Waals surface area (Å²) in [6, 6.07) is 7.51. The van der Waals surface area contributed by atoms with Crippen LogP contribution in [-0.2, 0) is 0 Å². The zero-order valence-corrected chi connectivity index (χ0v) is 11.3. The minimum Gasteiger partial charge on any atom is -0.387 e. The third-order valence-corrected chi connectivity index (χ3v) is 3.04. The highest BCUT2D eigenvalue weighted by molar-refractivity contribution is 5.74. The maximum absolute atomic E-state index is 11.7. The largest absolute Gasteiger partial charge is 0.387 e. The molecule has 0 unspecified atom stereocenters. The van der Waals surface area contributed by atoms with Crippen molar-refractivity contribution in [1.82, 2.24) is 10.2 Å². The van der Waals surface area contributed by atoms with Crippen LogP contribution in [0.5, 0.6) is 0 Å². The summed E-state index contributed by atoms with van der Waals surface area (Å²) >= 11 is 0. The number of benzene rings is 1. The van der Waals surface area contributed by atoms with Gasteiger partial charge in [0, 0.05) is 19.6 Å². The molecule has 100 valence electrons. The van der Waals surface area contributed by atoms with Crippen molar-refractivity contribution in [2.24, 2.45) is 0 Å². The molecule has 4 nitrogen and oxygen atoms in total. The summed E-state index contributed by atoms with van der Waals surface area (Å²) in [5.41, 5.74) is 1.89. The molecule has 1 aromatic carbocycles. The van der Waals surface area contributed by atoms with E-state index in [4.69, 9.17) is 0 Å². The van der Waals surface area contributed by atoms with Crippen molar-refractivity contribution in [2.75, 3.05) is 19.6 Å². The third kappa shape index (κ3) is 3.74. The Morgan fingerprint density at radius 3 is 2.50 bits per heavy atom. The fourth-order valence-corrected chi connectivity index (χ4v) is 1.88. The lowest BCUT2D eigenvalue weighted by Crippen LogP contribution is -2.41. The fourth-order valence-electron chi connectivity index (χ4n) is 1.88. The smallest absolute Gasteiger partial charge is 0.317 e. The number of nitrogens with zero attached hydrogens (tertiary/aromatic N) is 1. The molecule has 2 N–H and O–H groups in total. The summed E-state index contributed by atoms with van der Waals surface area (Å²) in [5.74, 6) is 0. The van der Waals surface area contributed by atoms with Gasteiger partial charge in [-0.3, -0.25) is 0 Å². The van der Waals surface area contributed by atoms with Crippen LogP contribution in [0.2, 0.25) is 0 Å². The van der Waals surface area contributed by atoms with Crippen LogP contribution in [0.3, 0.4) is 0 Å². The highest BCUT2D eigenvalue weighted by Crippen LogP contribution is 2.16. The molecule has 0 saturated carbocycles. The van der Waals surface area contributed by atoms with E-state index in [1.807, 2.05) is 45.0 Å². The second-order valence-corrected chi connectivity index (χ2v) is 4.23. The molecule has 0 aliphatic rings. The molecule has 0 saturated heterocycles. The van der Waals surface area contributed by atoms with Crippen molar-refractivity contribution in [3.63, 3.8) is 0 Å². The summed E-state index contributed by atoms with van der Waals surface area (Å²) < 4.78 is 0. The molecule has 0 radical (unpaired) electrons. The number of carbonyl (C=O) groups excluding carboxylic acids is 1. The van der Waals surface area contributed by atoms with Crippen molar-refractivity contribution >= 4 is 6.03 Å². The molecule has 1 atom stereocenters. The van der Waals surface area contributed by atoms with E-state index in [1.54, 1.807) is 4.90 Å². The highest BCUT2D eigenvalue weighted by atomic mass is 16.3. The fraction of sp³-hybridized carbons (Fsp3) is 0.500. The first-order valence-electron chi connectivity index (χ1n) is 6.36. The van der Waals surface area contributed by atoms with Gasteiger partial charge in [-0.1, -0.05) is 24.3 Å². The molecular formula is C14H22N2O2. The van der Waals surface area contributed by atoms with E-state index in [0.29, 0.717) is 13.1 Å². The SMILES string of the molecule is CCN(CC)C(=O)NC[C@@H](O)c1ccccc1C. The van der Waals surface area contributed by atoms with Crippen LogP contribution in [0.25, 0.3) is 0 Å². The number of aliphatic hydroxyl groups excluding tert-OH is 1. The first-order chi connectivity index (χ1) is 8.60. The number of hydrogen-bond acceptors (Lipinski definition) is 2. The lowest BCUT2D eigenvalue weighted by atomic mass is 10.0. The van der Waals surface area contributed by atoms with Crippen LogP contribution in [0, 0.1) is 6.92 Å². The monoisotopic (exact) mass is 250 g/mol. The first kappa shape index (κ1) is 14.5. The molecule has 0 bridgehead atoms. The van der Waals surface area contributed by atoms with E-state index < -0.39 is 6.10 Å². The Kier molecular flexibility index (Phi) is 5.65. The lowest BCUT2D eigenvalue weighted by molar-refractivity contribution is 0.163. The summed E-state index contributed by atoms with van der Waals surface area (Å²) in [4.78, 5) is 13.4.